The Kier molecular flexibility index (Phi) is 4.57. The summed E-state index contributed by atoms with van der Waals surface area (Å²) < 4.78 is 2.02. The first-order chi connectivity index (χ1) is 8.29. The highest BCUT2D eigenvalue weighted by Gasteiger charge is 2.23. The number of hydrogen-bond donors (Lipinski definition) is 1. The molecule has 0 radical (unpaired) electrons. The minimum Gasteiger partial charge on any atom is -0.317 e. The minimum atomic E-state index is 0.627. The number of aromatic nitrogens is 2. The van der Waals surface area contributed by atoms with E-state index in [2.05, 4.69) is 29.3 Å². The molecule has 2 heterocycles. The van der Waals surface area contributed by atoms with Crippen molar-refractivity contribution >= 4 is 0 Å². The smallest absolute Gasteiger partial charge is 0.0536 e. The maximum absolute atomic E-state index is 4.25. The fourth-order valence-electron chi connectivity index (χ4n) is 2.61. The standard InChI is InChI=1S/C13H24N4/c1-12(14-2)13-5-3-7-16(11-13)9-10-17-8-4-6-15-17/h4,6,8,12-14H,3,5,7,9-11H2,1-2H3. The van der Waals surface area contributed by atoms with Gasteiger partial charge in [-0.3, -0.25) is 4.68 Å². The molecule has 1 aliphatic heterocycles. The van der Waals surface area contributed by atoms with Crippen LogP contribution in [0.2, 0.25) is 0 Å². The van der Waals surface area contributed by atoms with E-state index >= 15 is 0 Å². The Balaban J connectivity index is 1.77. The summed E-state index contributed by atoms with van der Waals surface area (Å²) in [5, 5.41) is 7.63. The first-order valence-electron chi connectivity index (χ1n) is 6.66. The third-order valence-electron chi connectivity index (χ3n) is 3.91. The Hall–Kier alpha value is -0.870. The minimum absolute atomic E-state index is 0.627. The van der Waals surface area contributed by atoms with Gasteiger partial charge in [-0.2, -0.15) is 5.10 Å². The molecule has 1 N–H and O–H groups in total. The van der Waals surface area contributed by atoms with Crippen molar-refractivity contribution in [3.63, 3.8) is 0 Å². The van der Waals surface area contributed by atoms with E-state index in [1.165, 1.54) is 25.9 Å². The SMILES string of the molecule is CNC(C)C1CCCN(CCn2cccn2)C1. The summed E-state index contributed by atoms with van der Waals surface area (Å²) in [6.45, 7) is 6.89. The highest BCUT2D eigenvalue weighted by atomic mass is 15.3. The van der Waals surface area contributed by atoms with Crippen molar-refractivity contribution in [2.75, 3.05) is 26.7 Å². The van der Waals surface area contributed by atoms with Crippen molar-refractivity contribution in [1.29, 1.82) is 0 Å². The van der Waals surface area contributed by atoms with Crippen molar-refractivity contribution < 1.29 is 0 Å². The van der Waals surface area contributed by atoms with Crippen LogP contribution in [-0.2, 0) is 6.54 Å². The van der Waals surface area contributed by atoms with Gasteiger partial charge in [-0.05, 0) is 45.3 Å². The molecule has 0 aromatic carbocycles. The van der Waals surface area contributed by atoms with Crippen molar-refractivity contribution in [3.05, 3.63) is 18.5 Å². The average Bonchev–Trinajstić information content (AvgIpc) is 2.89. The Bertz CT molecular complexity index is 309. The highest BCUT2D eigenvalue weighted by molar-refractivity contribution is 4.81. The van der Waals surface area contributed by atoms with Crippen molar-refractivity contribution in [3.8, 4) is 0 Å². The van der Waals surface area contributed by atoms with Gasteiger partial charge in [-0.15, -0.1) is 0 Å². The first kappa shape index (κ1) is 12.6. The van der Waals surface area contributed by atoms with Gasteiger partial charge < -0.3 is 10.2 Å². The lowest BCUT2D eigenvalue weighted by atomic mass is 9.92. The Morgan fingerprint density at radius 3 is 3.06 bits per heavy atom. The van der Waals surface area contributed by atoms with Crippen LogP contribution >= 0.6 is 0 Å². The summed E-state index contributed by atoms with van der Waals surface area (Å²) in [5.41, 5.74) is 0. The van der Waals surface area contributed by atoms with Crippen LogP contribution in [0.5, 0.6) is 0 Å². The molecule has 1 aromatic rings. The summed E-state index contributed by atoms with van der Waals surface area (Å²) in [6.07, 6.45) is 6.58. The Morgan fingerprint density at radius 1 is 1.47 bits per heavy atom. The zero-order valence-electron chi connectivity index (χ0n) is 11.0. The summed E-state index contributed by atoms with van der Waals surface area (Å²) in [5.74, 6) is 0.798. The molecule has 2 unspecified atom stereocenters. The van der Waals surface area contributed by atoms with Gasteiger partial charge in [0.05, 0.1) is 6.54 Å². The fourth-order valence-corrected chi connectivity index (χ4v) is 2.61. The van der Waals surface area contributed by atoms with E-state index < -0.39 is 0 Å². The lowest BCUT2D eigenvalue weighted by molar-refractivity contribution is 0.147. The number of hydrogen-bond acceptors (Lipinski definition) is 3. The van der Waals surface area contributed by atoms with Gasteiger partial charge in [-0.1, -0.05) is 0 Å². The zero-order valence-corrected chi connectivity index (χ0v) is 11.0. The van der Waals surface area contributed by atoms with Crippen LogP contribution in [0, 0.1) is 5.92 Å². The monoisotopic (exact) mass is 236 g/mol. The molecule has 17 heavy (non-hydrogen) atoms. The molecule has 1 saturated heterocycles. The van der Waals surface area contributed by atoms with Crippen LogP contribution in [-0.4, -0.2) is 47.4 Å². The molecule has 4 nitrogen and oxygen atoms in total. The third kappa shape index (κ3) is 3.54. The molecule has 0 bridgehead atoms. The van der Waals surface area contributed by atoms with Gasteiger partial charge in [-0.25, -0.2) is 0 Å². The summed E-state index contributed by atoms with van der Waals surface area (Å²) in [4.78, 5) is 2.57. The second-order valence-corrected chi connectivity index (χ2v) is 5.05. The predicted octanol–water partition coefficient (Wildman–Crippen LogP) is 1.20. The molecule has 2 rings (SSSR count). The van der Waals surface area contributed by atoms with E-state index in [0.29, 0.717) is 6.04 Å². The summed E-state index contributed by atoms with van der Waals surface area (Å²) in [6, 6.07) is 2.62. The molecule has 96 valence electrons. The molecule has 1 fully saturated rings. The van der Waals surface area contributed by atoms with E-state index in [4.69, 9.17) is 0 Å². The second kappa shape index (κ2) is 6.17. The van der Waals surface area contributed by atoms with Gasteiger partial charge in [0.25, 0.3) is 0 Å². The highest BCUT2D eigenvalue weighted by Crippen LogP contribution is 2.19. The molecule has 0 saturated carbocycles. The van der Waals surface area contributed by atoms with Gasteiger partial charge in [0.1, 0.15) is 0 Å². The lowest BCUT2D eigenvalue weighted by Crippen LogP contribution is -2.44. The topological polar surface area (TPSA) is 33.1 Å². The molecule has 0 aliphatic carbocycles. The summed E-state index contributed by atoms with van der Waals surface area (Å²) >= 11 is 0. The number of nitrogens with zero attached hydrogens (tertiary/aromatic N) is 3. The largest absolute Gasteiger partial charge is 0.317 e. The van der Waals surface area contributed by atoms with E-state index in [0.717, 1.165) is 19.0 Å². The van der Waals surface area contributed by atoms with Crippen LogP contribution < -0.4 is 5.32 Å². The van der Waals surface area contributed by atoms with Gasteiger partial charge in [0.2, 0.25) is 0 Å². The van der Waals surface area contributed by atoms with Crippen LogP contribution in [0.4, 0.5) is 0 Å². The van der Waals surface area contributed by atoms with E-state index in [-0.39, 0.29) is 0 Å². The quantitative estimate of drug-likeness (QED) is 0.834. The maximum atomic E-state index is 4.25. The zero-order chi connectivity index (χ0) is 12.1. The van der Waals surface area contributed by atoms with Crippen LogP contribution in [0.1, 0.15) is 19.8 Å². The fraction of sp³-hybridized carbons (Fsp3) is 0.769. The number of piperidine rings is 1. The van der Waals surface area contributed by atoms with Crippen molar-refractivity contribution in [1.82, 2.24) is 20.0 Å². The molecule has 1 aromatic heterocycles. The van der Waals surface area contributed by atoms with Gasteiger partial charge in [0.15, 0.2) is 0 Å². The molecule has 2 atom stereocenters. The Labute approximate surface area is 104 Å². The van der Waals surface area contributed by atoms with Crippen molar-refractivity contribution in [2.45, 2.75) is 32.4 Å². The van der Waals surface area contributed by atoms with Crippen molar-refractivity contribution in [2.24, 2.45) is 5.92 Å². The molecule has 0 amide bonds. The van der Waals surface area contributed by atoms with E-state index in [9.17, 15) is 0 Å². The summed E-state index contributed by atoms with van der Waals surface area (Å²) in [7, 11) is 2.06. The molecule has 4 heteroatoms. The number of nitrogens with one attached hydrogen (secondary N) is 1. The first-order valence-corrected chi connectivity index (χ1v) is 6.66. The van der Waals surface area contributed by atoms with Crippen LogP contribution in [0.25, 0.3) is 0 Å². The van der Waals surface area contributed by atoms with Gasteiger partial charge in [0, 0.05) is 31.5 Å². The normalized spacial score (nSPS) is 23.8. The number of likely N-dealkylation sites (tertiary alicyclic amines) is 1. The lowest BCUT2D eigenvalue weighted by Gasteiger charge is -2.35. The third-order valence-corrected chi connectivity index (χ3v) is 3.91. The molecular formula is C13H24N4. The molecule has 0 spiro atoms. The molecular weight excluding hydrogens is 212 g/mol. The van der Waals surface area contributed by atoms with Crippen LogP contribution in [0.3, 0.4) is 0 Å². The van der Waals surface area contributed by atoms with E-state index in [1.54, 1.807) is 0 Å². The van der Waals surface area contributed by atoms with E-state index in [1.807, 2.05) is 23.1 Å². The molecule has 1 aliphatic rings. The predicted molar refractivity (Wildman–Crippen MR) is 69.9 cm³/mol. The number of rotatable bonds is 5. The van der Waals surface area contributed by atoms with Gasteiger partial charge >= 0.3 is 0 Å². The van der Waals surface area contributed by atoms with Crippen LogP contribution in [0.15, 0.2) is 18.5 Å². The Morgan fingerprint density at radius 2 is 2.35 bits per heavy atom. The average molecular weight is 236 g/mol. The second-order valence-electron chi connectivity index (χ2n) is 5.05. The maximum Gasteiger partial charge on any atom is 0.0536 e.